The quantitative estimate of drug-likeness (QED) is 0.775. The van der Waals surface area contributed by atoms with Crippen LogP contribution in [0, 0.1) is 0 Å². The Hall–Kier alpha value is -1.66. The number of fused-ring (bicyclic) bond motifs is 3. The number of H-pyrrole nitrogens is 1. The average molecular weight is 348 g/mol. The zero-order chi connectivity index (χ0) is 14.4. The summed E-state index contributed by atoms with van der Waals surface area (Å²) in [5.41, 5.74) is 2.17. The number of aromatic amines is 1. The predicted molar refractivity (Wildman–Crippen MR) is 84.5 cm³/mol. The van der Waals surface area contributed by atoms with Crippen molar-refractivity contribution in [3.05, 3.63) is 39.4 Å². The zero-order valence-corrected chi connectivity index (χ0v) is 12.9. The summed E-state index contributed by atoms with van der Waals surface area (Å²) >= 11 is 3.45. The first-order valence-corrected chi connectivity index (χ1v) is 7.79. The van der Waals surface area contributed by atoms with E-state index in [-0.39, 0.29) is 11.7 Å². The Morgan fingerprint density at radius 1 is 1.48 bits per heavy atom. The van der Waals surface area contributed by atoms with E-state index < -0.39 is 0 Å². The molecule has 3 heterocycles. The van der Waals surface area contributed by atoms with Gasteiger partial charge in [0.2, 0.25) is 0 Å². The van der Waals surface area contributed by atoms with Crippen LogP contribution in [0.5, 0.6) is 0 Å². The van der Waals surface area contributed by atoms with E-state index in [2.05, 4.69) is 25.9 Å². The predicted octanol–water partition coefficient (Wildman–Crippen LogP) is 2.82. The van der Waals surface area contributed by atoms with Gasteiger partial charge in [-0.3, -0.25) is 9.36 Å². The fourth-order valence-electron chi connectivity index (χ4n) is 2.90. The maximum Gasteiger partial charge on any atom is 0.277 e. The van der Waals surface area contributed by atoms with Gasteiger partial charge in [0.05, 0.1) is 19.0 Å². The van der Waals surface area contributed by atoms with E-state index in [0.717, 1.165) is 40.3 Å². The molecule has 3 aromatic rings. The van der Waals surface area contributed by atoms with Gasteiger partial charge in [-0.1, -0.05) is 15.9 Å². The van der Waals surface area contributed by atoms with Crippen LogP contribution in [0.15, 0.2) is 33.8 Å². The largest absolute Gasteiger partial charge is 0.376 e. The van der Waals surface area contributed by atoms with E-state index in [1.165, 1.54) is 0 Å². The van der Waals surface area contributed by atoms with E-state index >= 15 is 0 Å². The number of rotatable bonds is 2. The Morgan fingerprint density at radius 3 is 3.19 bits per heavy atom. The number of hydrogen-bond acceptors (Lipinski definition) is 3. The smallest absolute Gasteiger partial charge is 0.277 e. The molecule has 108 valence electrons. The summed E-state index contributed by atoms with van der Waals surface area (Å²) in [6.45, 7) is 1.36. The highest BCUT2D eigenvalue weighted by atomic mass is 79.9. The van der Waals surface area contributed by atoms with Crippen LogP contribution in [0.4, 0.5) is 0 Å². The molecule has 6 heteroatoms. The van der Waals surface area contributed by atoms with Gasteiger partial charge in [-0.05, 0) is 31.0 Å². The van der Waals surface area contributed by atoms with Gasteiger partial charge in [0.25, 0.3) is 5.56 Å². The maximum atomic E-state index is 12.6. The molecule has 2 aromatic heterocycles. The second kappa shape index (κ2) is 4.96. The standard InChI is InChI=1S/C15H14BrN3O2/c16-9-3-4-12-11(6-9)13-14(18-12)15(20)19(8-17-13)7-10-2-1-5-21-10/h3-4,6,8,10,18H,1-2,5,7H2. The molecule has 1 atom stereocenters. The van der Waals surface area contributed by atoms with Crippen LogP contribution in [0.3, 0.4) is 0 Å². The van der Waals surface area contributed by atoms with Crippen LogP contribution in [-0.4, -0.2) is 27.2 Å². The lowest BCUT2D eigenvalue weighted by Gasteiger charge is -2.10. The van der Waals surface area contributed by atoms with Gasteiger partial charge in [-0.25, -0.2) is 4.98 Å². The third-order valence-electron chi connectivity index (χ3n) is 3.96. The number of nitrogens with one attached hydrogen (secondary N) is 1. The summed E-state index contributed by atoms with van der Waals surface area (Å²) < 4.78 is 8.21. The lowest BCUT2D eigenvalue weighted by molar-refractivity contribution is 0.0960. The molecule has 0 bridgehead atoms. The summed E-state index contributed by atoms with van der Waals surface area (Å²) in [6.07, 6.45) is 3.82. The number of hydrogen-bond donors (Lipinski definition) is 1. The van der Waals surface area contributed by atoms with Crippen molar-refractivity contribution in [2.45, 2.75) is 25.5 Å². The lowest BCUT2D eigenvalue weighted by atomic mass is 10.2. The van der Waals surface area contributed by atoms with Crippen molar-refractivity contribution >= 4 is 37.9 Å². The third kappa shape index (κ3) is 2.18. The second-order valence-electron chi connectivity index (χ2n) is 5.38. The Labute approximate surface area is 129 Å². The fraction of sp³-hybridized carbons (Fsp3) is 0.333. The molecule has 0 spiro atoms. The molecule has 1 aliphatic rings. The molecule has 5 nitrogen and oxygen atoms in total. The molecule has 1 unspecified atom stereocenters. The van der Waals surface area contributed by atoms with Crippen molar-refractivity contribution in [1.29, 1.82) is 0 Å². The van der Waals surface area contributed by atoms with Crippen molar-refractivity contribution in [1.82, 2.24) is 14.5 Å². The number of benzene rings is 1. The van der Waals surface area contributed by atoms with Gasteiger partial charge in [0.1, 0.15) is 11.0 Å². The molecule has 1 saturated heterocycles. The van der Waals surface area contributed by atoms with Crippen LogP contribution in [0.2, 0.25) is 0 Å². The number of nitrogens with zero attached hydrogens (tertiary/aromatic N) is 2. The Kier molecular flexibility index (Phi) is 3.08. The van der Waals surface area contributed by atoms with E-state index in [4.69, 9.17) is 4.74 Å². The van der Waals surface area contributed by atoms with E-state index in [9.17, 15) is 4.79 Å². The molecule has 0 radical (unpaired) electrons. The molecule has 1 aliphatic heterocycles. The van der Waals surface area contributed by atoms with Crippen LogP contribution >= 0.6 is 15.9 Å². The first-order valence-electron chi connectivity index (χ1n) is 7.00. The molecular formula is C15H14BrN3O2. The molecule has 0 aliphatic carbocycles. The van der Waals surface area contributed by atoms with Crippen molar-refractivity contribution < 1.29 is 4.74 Å². The van der Waals surface area contributed by atoms with Gasteiger partial charge in [0, 0.05) is 22.0 Å². The molecule has 1 aromatic carbocycles. The van der Waals surface area contributed by atoms with Crippen LogP contribution in [0.25, 0.3) is 21.9 Å². The Bertz CT molecular complexity index is 878. The number of aromatic nitrogens is 3. The fourth-order valence-corrected chi connectivity index (χ4v) is 3.26. The van der Waals surface area contributed by atoms with Gasteiger partial charge in [0.15, 0.2) is 0 Å². The average Bonchev–Trinajstić information content (AvgIpc) is 3.09. The molecule has 4 rings (SSSR count). The summed E-state index contributed by atoms with van der Waals surface area (Å²) in [5.74, 6) is 0. The first kappa shape index (κ1) is 13.0. The molecule has 1 fully saturated rings. The molecule has 0 amide bonds. The third-order valence-corrected chi connectivity index (χ3v) is 4.45. The molecular weight excluding hydrogens is 334 g/mol. The van der Waals surface area contributed by atoms with Crippen LogP contribution < -0.4 is 5.56 Å². The van der Waals surface area contributed by atoms with Crippen molar-refractivity contribution in [2.75, 3.05) is 6.61 Å². The first-order chi connectivity index (χ1) is 10.2. The lowest BCUT2D eigenvalue weighted by Crippen LogP contribution is -2.26. The SMILES string of the molecule is O=c1c2[nH]c3ccc(Br)cc3c2ncn1CC1CCCO1. The Morgan fingerprint density at radius 2 is 2.38 bits per heavy atom. The molecule has 21 heavy (non-hydrogen) atoms. The van der Waals surface area contributed by atoms with E-state index in [1.54, 1.807) is 10.9 Å². The summed E-state index contributed by atoms with van der Waals surface area (Å²) in [7, 11) is 0. The minimum atomic E-state index is -0.0391. The van der Waals surface area contributed by atoms with Gasteiger partial charge in [-0.2, -0.15) is 0 Å². The summed E-state index contributed by atoms with van der Waals surface area (Å²) in [6, 6.07) is 5.87. The van der Waals surface area contributed by atoms with Crippen LogP contribution in [-0.2, 0) is 11.3 Å². The molecule has 0 saturated carbocycles. The number of halogens is 1. The highest BCUT2D eigenvalue weighted by molar-refractivity contribution is 9.10. The van der Waals surface area contributed by atoms with Gasteiger partial charge >= 0.3 is 0 Å². The van der Waals surface area contributed by atoms with E-state index in [0.29, 0.717) is 12.1 Å². The van der Waals surface area contributed by atoms with Crippen molar-refractivity contribution in [2.24, 2.45) is 0 Å². The van der Waals surface area contributed by atoms with Gasteiger partial charge in [-0.15, -0.1) is 0 Å². The normalized spacial score (nSPS) is 18.8. The van der Waals surface area contributed by atoms with E-state index in [1.807, 2.05) is 18.2 Å². The highest BCUT2D eigenvalue weighted by Crippen LogP contribution is 2.25. The Balaban J connectivity index is 1.86. The van der Waals surface area contributed by atoms with Crippen LogP contribution in [0.1, 0.15) is 12.8 Å². The highest BCUT2D eigenvalue weighted by Gasteiger charge is 2.18. The topological polar surface area (TPSA) is 59.9 Å². The second-order valence-corrected chi connectivity index (χ2v) is 6.29. The zero-order valence-electron chi connectivity index (χ0n) is 11.3. The monoisotopic (exact) mass is 347 g/mol. The van der Waals surface area contributed by atoms with Gasteiger partial charge < -0.3 is 9.72 Å². The number of ether oxygens (including phenoxy) is 1. The van der Waals surface area contributed by atoms with Crippen molar-refractivity contribution in [3.8, 4) is 0 Å². The van der Waals surface area contributed by atoms with Crippen molar-refractivity contribution in [3.63, 3.8) is 0 Å². The maximum absolute atomic E-state index is 12.6. The summed E-state index contributed by atoms with van der Waals surface area (Å²) in [4.78, 5) is 20.2. The minimum absolute atomic E-state index is 0.0391. The summed E-state index contributed by atoms with van der Waals surface area (Å²) in [5, 5.41) is 0.959. The molecule has 1 N–H and O–H groups in total. The minimum Gasteiger partial charge on any atom is -0.376 e.